The number of carbonyl (C=O) groups excluding carboxylic acids is 1. The van der Waals surface area contributed by atoms with Gasteiger partial charge >= 0.3 is 0 Å². The standard InChI is InChI=1S/C21H28N2OS/c1-14-4-6-16(7-5-14)22-18(25)23-17(24)21-10-15-8-19(2,12-21)11-20(3,9-15)13-21/h4-7,15H,8-13H2,1-3H3,(H2,22,23,24,25). The molecular weight excluding hydrogens is 328 g/mol. The van der Waals surface area contributed by atoms with Crippen LogP contribution in [0.4, 0.5) is 5.69 Å². The monoisotopic (exact) mass is 356 g/mol. The fraction of sp³-hybridized carbons (Fsp3) is 0.619. The molecule has 2 N–H and O–H groups in total. The topological polar surface area (TPSA) is 41.1 Å². The van der Waals surface area contributed by atoms with Crippen molar-refractivity contribution in [3.63, 3.8) is 0 Å². The van der Waals surface area contributed by atoms with Crippen LogP contribution in [-0.2, 0) is 4.79 Å². The van der Waals surface area contributed by atoms with Gasteiger partial charge in [0.05, 0.1) is 5.41 Å². The minimum absolute atomic E-state index is 0.138. The lowest BCUT2D eigenvalue weighted by molar-refractivity contribution is -0.168. The first-order valence-corrected chi connectivity index (χ1v) is 9.79. The van der Waals surface area contributed by atoms with Crippen molar-refractivity contribution in [2.45, 2.75) is 59.3 Å². The Morgan fingerprint density at radius 2 is 1.64 bits per heavy atom. The summed E-state index contributed by atoms with van der Waals surface area (Å²) >= 11 is 5.41. The Labute approximate surface area is 156 Å². The van der Waals surface area contributed by atoms with E-state index in [9.17, 15) is 4.79 Å². The molecule has 3 nitrogen and oxygen atoms in total. The molecule has 1 amide bonds. The molecule has 1 aromatic rings. The Morgan fingerprint density at radius 3 is 2.20 bits per heavy atom. The predicted octanol–water partition coefficient (Wildman–Crippen LogP) is 4.80. The fourth-order valence-corrected chi connectivity index (χ4v) is 6.95. The molecular formula is C21H28N2OS. The van der Waals surface area contributed by atoms with Crippen LogP contribution in [0, 0.1) is 29.1 Å². The molecule has 0 spiro atoms. The van der Waals surface area contributed by atoms with E-state index in [1.54, 1.807) is 0 Å². The zero-order chi connectivity index (χ0) is 17.9. The van der Waals surface area contributed by atoms with Crippen molar-refractivity contribution in [2.24, 2.45) is 22.2 Å². The number of thiocarbonyl (C=S) groups is 1. The van der Waals surface area contributed by atoms with Crippen molar-refractivity contribution >= 4 is 28.9 Å². The maximum Gasteiger partial charge on any atom is 0.232 e. The van der Waals surface area contributed by atoms with Gasteiger partial charge in [-0.2, -0.15) is 0 Å². The quantitative estimate of drug-likeness (QED) is 0.748. The second-order valence-corrected chi connectivity index (χ2v) is 10.1. The minimum atomic E-state index is -0.220. The van der Waals surface area contributed by atoms with Gasteiger partial charge in [0.15, 0.2) is 5.11 Å². The molecule has 5 rings (SSSR count). The van der Waals surface area contributed by atoms with E-state index < -0.39 is 0 Å². The van der Waals surface area contributed by atoms with Crippen molar-refractivity contribution in [3.8, 4) is 0 Å². The van der Waals surface area contributed by atoms with Crippen LogP contribution in [-0.4, -0.2) is 11.0 Å². The smallest absolute Gasteiger partial charge is 0.232 e. The summed E-state index contributed by atoms with van der Waals surface area (Å²) in [5.41, 5.74) is 2.56. The Balaban J connectivity index is 1.47. The molecule has 4 bridgehead atoms. The third-order valence-corrected chi connectivity index (χ3v) is 6.85. The highest BCUT2D eigenvalue weighted by atomic mass is 32.1. The summed E-state index contributed by atoms with van der Waals surface area (Å²) in [5, 5.41) is 6.58. The Morgan fingerprint density at radius 1 is 1.04 bits per heavy atom. The Hall–Kier alpha value is -1.42. The summed E-state index contributed by atoms with van der Waals surface area (Å²) in [6, 6.07) is 8.04. The third-order valence-electron chi connectivity index (χ3n) is 6.64. The summed E-state index contributed by atoms with van der Waals surface area (Å²) < 4.78 is 0. The molecule has 0 saturated heterocycles. The molecule has 4 heteroatoms. The van der Waals surface area contributed by atoms with E-state index in [0.29, 0.717) is 21.9 Å². The lowest BCUT2D eigenvalue weighted by Crippen LogP contribution is -2.60. The number of carbonyl (C=O) groups is 1. The molecule has 4 aliphatic rings. The SMILES string of the molecule is Cc1ccc(NC(=S)NC(=O)C23CC4CC(C)(CC(C)(C4)C2)C3)cc1. The molecule has 4 saturated carbocycles. The summed E-state index contributed by atoms with van der Waals surface area (Å²) in [6.45, 7) is 6.83. The molecule has 4 aliphatic carbocycles. The van der Waals surface area contributed by atoms with Crippen LogP contribution in [0.3, 0.4) is 0 Å². The van der Waals surface area contributed by atoms with Crippen molar-refractivity contribution in [1.29, 1.82) is 0 Å². The van der Waals surface area contributed by atoms with Gasteiger partial charge in [-0.1, -0.05) is 31.5 Å². The first kappa shape index (κ1) is 17.0. The number of hydrogen-bond acceptors (Lipinski definition) is 2. The van der Waals surface area contributed by atoms with E-state index in [-0.39, 0.29) is 11.3 Å². The maximum absolute atomic E-state index is 13.2. The zero-order valence-corrected chi connectivity index (χ0v) is 16.3. The average Bonchev–Trinajstić information content (AvgIpc) is 2.45. The number of amides is 1. The number of aryl methyl sites for hydroxylation is 1. The van der Waals surface area contributed by atoms with Crippen LogP contribution in [0.5, 0.6) is 0 Å². The lowest BCUT2D eigenvalue weighted by atomic mass is 9.40. The van der Waals surface area contributed by atoms with E-state index in [1.807, 2.05) is 24.3 Å². The van der Waals surface area contributed by atoms with Crippen molar-refractivity contribution in [2.75, 3.05) is 5.32 Å². The summed E-state index contributed by atoms with van der Waals surface area (Å²) in [7, 11) is 0. The second kappa shape index (κ2) is 5.54. The highest BCUT2D eigenvalue weighted by molar-refractivity contribution is 7.80. The van der Waals surface area contributed by atoms with Gasteiger partial charge in [-0.25, -0.2) is 0 Å². The first-order chi connectivity index (χ1) is 11.7. The number of benzene rings is 1. The summed E-state index contributed by atoms with van der Waals surface area (Å²) in [6.07, 6.45) is 6.94. The predicted molar refractivity (Wildman–Crippen MR) is 105 cm³/mol. The van der Waals surface area contributed by atoms with E-state index in [1.165, 1.54) is 24.8 Å². The average molecular weight is 357 g/mol. The van der Waals surface area contributed by atoms with Crippen LogP contribution < -0.4 is 10.6 Å². The largest absolute Gasteiger partial charge is 0.332 e. The van der Waals surface area contributed by atoms with Crippen LogP contribution in [0.15, 0.2) is 24.3 Å². The molecule has 134 valence electrons. The van der Waals surface area contributed by atoms with Gasteiger partial charge in [-0.3, -0.25) is 4.79 Å². The molecule has 0 radical (unpaired) electrons. The van der Waals surface area contributed by atoms with Gasteiger partial charge in [0.1, 0.15) is 0 Å². The van der Waals surface area contributed by atoms with Gasteiger partial charge in [-0.05, 0) is 86.5 Å². The van der Waals surface area contributed by atoms with Gasteiger partial charge < -0.3 is 10.6 Å². The Bertz CT molecular complexity index is 708. The van der Waals surface area contributed by atoms with Gasteiger partial charge in [0.25, 0.3) is 0 Å². The lowest BCUT2D eigenvalue weighted by Gasteiger charge is -2.64. The maximum atomic E-state index is 13.2. The fourth-order valence-electron chi connectivity index (χ4n) is 6.74. The normalized spacial score (nSPS) is 38.4. The molecule has 25 heavy (non-hydrogen) atoms. The van der Waals surface area contributed by atoms with Gasteiger partial charge in [0, 0.05) is 5.69 Å². The van der Waals surface area contributed by atoms with Gasteiger partial charge in [-0.15, -0.1) is 0 Å². The highest BCUT2D eigenvalue weighted by Crippen LogP contribution is 2.69. The van der Waals surface area contributed by atoms with Crippen LogP contribution >= 0.6 is 12.2 Å². The molecule has 4 fully saturated rings. The molecule has 0 heterocycles. The zero-order valence-electron chi connectivity index (χ0n) is 15.4. The third kappa shape index (κ3) is 3.10. The first-order valence-electron chi connectivity index (χ1n) is 9.39. The molecule has 0 aromatic heterocycles. The summed E-state index contributed by atoms with van der Waals surface area (Å²) in [5.74, 6) is 0.842. The van der Waals surface area contributed by atoms with Crippen molar-refractivity contribution < 1.29 is 4.79 Å². The summed E-state index contributed by atoms with van der Waals surface area (Å²) in [4.78, 5) is 13.2. The van der Waals surface area contributed by atoms with Crippen LogP contribution in [0.25, 0.3) is 0 Å². The van der Waals surface area contributed by atoms with Crippen LogP contribution in [0.1, 0.15) is 57.9 Å². The van der Waals surface area contributed by atoms with E-state index in [4.69, 9.17) is 12.2 Å². The minimum Gasteiger partial charge on any atom is -0.332 e. The highest BCUT2D eigenvalue weighted by Gasteiger charge is 2.62. The molecule has 0 aliphatic heterocycles. The van der Waals surface area contributed by atoms with E-state index in [0.717, 1.165) is 24.9 Å². The van der Waals surface area contributed by atoms with Gasteiger partial charge in [0.2, 0.25) is 5.91 Å². The van der Waals surface area contributed by atoms with Crippen LogP contribution in [0.2, 0.25) is 0 Å². The van der Waals surface area contributed by atoms with E-state index >= 15 is 0 Å². The van der Waals surface area contributed by atoms with Crippen molar-refractivity contribution in [1.82, 2.24) is 5.32 Å². The van der Waals surface area contributed by atoms with Crippen molar-refractivity contribution in [3.05, 3.63) is 29.8 Å². The number of nitrogens with one attached hydrogen (secondary N) is 2. The number of rotatable bonds is 2. The van der Waals surface area contributed by atoms with E-state index in [2.05, 4.69) is 31.4 Å². The number of anilines is 1. The molecule has 2 unspecified atom stereocenters. The number of hydrogen-bond donors (Lipinski definition) is 2. The second-order valence-electron chi connectivity index (χ2n) is 9.68. The Kier molecular flexibility index (Phi) is 3.77. The molecule has 1 aromatic carbocycles. The molecule has 2 atom stereocenters.